The molecule has 4 rings (SSSR count). The number of alkyl carbamates (subject to hydrolysis) is 1. The Kier molecular flexibility index (Phi) is 7.91. The minimum Gasteiger partial charge on any atom is -0.445 e. The lowest BCUT2D eigenvalue weighted by molar-refractivity contribution is 0.112. The molecule has 162 valence electrons. The molecule has 1 aromatic heterocycles. The van der Waals surface area contributed by atoms with Crippen molar-refractivity contribution in [2.24, 2.45) is 5.92 Å². The number of hydrogen-bond donors (Lipinski definition) is 3. The summed E-state index contributed by atoms with van der Waals surface area (Å²) >= 11 is 0. The molecule has 1 saturated heterocycles. The summed E-state index contributed by atoms with van der Waals surface area (Å²) in [7, 11) is 0. The number of amides is 1. The van der Waals surface area contributed by atoms with Crippen LogP contribution in [-0.4, -0.2) is 43.2 Å². The molecule has 1 amide bonds. The molecule has 0 saturated carbocycles. The van der Waals surface area contributed by atoms with Crippen LogP contribution in [0, 0.1) is 5.92 Å². The SMILES string of the molecule is O=C(NC[C@H]1CNC[C@H]1O)OCc1ccccc1.O=Cc1ccc2ccc(=O)oc2c1. The van der Waals surface area contributed by atoms with Crippen LogP contribution in [0.1, 0.15) is 15.9 Å². The van der Waals surface area contributed by atoms with Crippen LogP contribution in [0.15, 0.2) is 69.9 Å². The fourth-order valence-corrected chi connectivity index (χ4v) is 3.07. The van der Waals surface area contributed by atoms with Gasteiger partial charge in [-0.2, -0.15) is 0 Å². The Labute approximate surface area is 178 Å². The maximum absolute atomic E-state index is 11.4. The molecule has 1 aliphatic heterocycles. The average molecular weight is 424 g/mol. The topological polar surface area (TPSA) is 118 Å². The van der Waals surface area contributed by atoms with Gasteiger partial charge >= 0.3 is 11.7 Å². The predicted octanol–water partition coefficient (Wildman–Crippen LogP) is 2.10. The van der Waals surface area contributed by atoms with Crippen molar-refractivity contribution in [2.45, 2.75) is 12.7 Å². The number of benzene rings is 2. The molecule has 0 aliphatic carbocycles. The van der Waals surface area contributed by atoms with Gasteiger partial charge in [0.25, 0.3) is 0 Å². The van der Waals surface area contributed by atoms with E-state index in [1.54, 1.807) is 24.3 Å². The smallest absolute Gasteiger partial charge is 0.407 e. The number of fused-ring (bicyclic) bond motifs is 1. The molecule has 31 heavy (non-hydrogen) atoms. The minimum atomic E-state index is -0.446. The van der Waals surface area contributed by atoms with Crippen molar-refractivity contribution < 1.29 is 23.8 Å². The third kappa shape index (κ3) is 6.77. The third-order valence-electron chi connectivity index (χ3n) is 4.81. The highest BCUT2D eigenvalue weighted by Gasteiger charge is 2.25. The number of aliphatic hydroxyl groups excluding tert-OH is 1. The molecule has 8 nitrogen and oxygen atoms in total. The van der Waals surface area contributed by atoms with E-state index in [2.05, 4.69) is 10.6 Å². The number of carbonyl (C=O) groups is 2. The van der Waals surface area contributed by atoms with Crippen molar-refractivity contribution in [1.29, 1.82) is 0 Å². The second-order valence-corrected chi connectivity index (χ2v) is 7.10. The first-order valence-corrected chi connectivity index (χ1v) is 9.87. The lowest BCUT2D eigenvalue weighted by Crippen LogP contribution is -2.34. The van der Waals surface area contributed by atoms with Crippen molar-refractivity contribution in [3.8, 4) is 0 Å². The molecule has 2 atom stereocenters. The zero-order valence-electron chi connectivity index (χ0n) is 16.8. The van der Waals surface area contributed by atoms with Crippen molar-refractivity contribution in [1.82, 2.24) is 10.6 Å². The number of β-amino-alcohol motifs (C(OH)–C–C–N with tert-alkyl or cyclic N) is 1. The Morgan fingerprint density at radius 2 is 1.94 bits per heavy atom. The van der Waals surface area contributed by atoms with Crippen molar-refractivity contribution in [3.63, 3.8) is 0 Å². The van der Waals surface area contributed by atoms with Gasteiger partial charge in [-0.15, -0.1) is 0 Å². The van der Waals surface area contributed by atoms with Crippen LogP contribution < -0.4 is 16.3 Å². The van der Waals surface area contributed by atoms with E-state index in [0.717, 1.165) is 17.5 Å². The monoisotopic (exact) mass is 424 g/mol. The molecule has 3 aromatic rings. The molecule has 0 unspecified atom stereocenters. The minimum absolute atomic E-state index is 0.0641. The van der Waals surface area contributed by atoms with E-state index in [1.165, 1.54) is 6.07 Å². The van der Waals surface area contributed by atoms with E-state index in [0.29, 0.717) is 30.5 Å². The molecule has 8 heteroatoms. The van der Waals surface area contributed by atoms with Crippen molar-refractivity contribution >= 4 is 23.3 Å². The second kappa shape index (κ2) is 11.1. The highest BCUT2D eigenvalue weighted by molar-refractivity contribution is 5.85. The van der Waals surface area contributed by atoms with Gasteiger partial charge in [0.1, 0.15) is 18.5 Å². The second-order valence-electron chi connectivity index (χ2n) is 7.10. The Morgan fingerprint density at radius 1 is 1.16 bits per heavy atom. The molecule has 3 N–H and O–H groups in total. The van der Waals surface area contributed by atoms with Crippen LogP contribution in [0.2, 0.25) is 0 Å². The number of rotatable bonds is 5. The van der Waals surface area contributed by atoms with Gasteiger partial charge in [-0.3, -0.25) is 4.79 Å². The highest BCUT2D eigenvalue weighted by atomic mass is 16.5. The number of ether oxygens (including phenoxy) is 1. The van der Waals surface area contributed by atoms with Crippen LogP contribution >= 0.6 is 0 Å². The summed E-state index contributed by atoms with van der Waals surface area (Å²) in [6.45, 7) is 2.01. The van der Waals surface area contributed by atoms with Gasteiger partial charge in [-0.05, 0) is 17.7 Å². The summed E-state index contributed by atoms with van der Waals surface area (Å²) in [4.78, 5) is 32.7. The summed E-state index contributed by atoms with van der Waals surface area (Å²) in [5.74, 6) is 0.0641. The molecule has 0 radical (unpaired) electrons. The number of aldehydes is 1. The first-order valence-electron chi connectivity index (χ1n) is 9.87. The zero-order valence-corrected chi connectivity index (χ0v) is 16.8. The van der Waals surface area contributed by atoms with E-state index in [-0.39, 0.29) is 18.6 Å². The van der Waals surface area contributed by atoms with Gasteiger partial charge in [0.05, 0.1) is 6.10 Å². The molecular weight excluding hydrogens is 400 g/mol. The van der Waals surface area contributed by atoms with Crippen LogP contribution in [0.3, 0.4) is 0 Å². The van der Waals surface area contributed by atoms with Gasteiger partial charge in [0, 0.05) is 42.6 Å². The lowest BCUT2D eigenvalue weighted by Gasteiger charge is -2.14. The first-order chi connectivity index (χ1) is 15.0. The molecule has 1 fully saturated rings. The number of aliphatic hydroxyl groups is 1. The highest BCUT2D eigenvalue weighted by Crippen LogP contribution is 2.12. The summed E-state index contributed by atoms with van der Waals surface area (Å²) in [6.07, 6.45) is -0.121. The Bertz CT molecular complexity index is 1070. The van der Waals surface area contributed by atoms with E-state index in [1.807, 2.05) is 30.3 Å². The largest absolute Gasteiger partial charge is 0.445 e. The van der Waals surface area contributed by atoms with E-state index in [9.17, 15) is 19.5 Å². The van der Waals surface area contributed by atoms with E-state index < -0.39 is 11.7 Å². The standard InChI is InChI=1S/C13H18N2O3.C10H6O3/c16-12-8-14-6-11(12)7-15-13(17)18-9-10-4-2-1-3-5-10;11-6-7-1-2-8-3-4-10(12)13-9(8)5-7/h1-5,11-12,14,16H,6-9H2,(H,15,17);1-6H/t11-,12-;/m1./s1. The Hall–Kier alpha value is -3.49. The maximum Gasteiger partial charge on any atom is 0.407 e. The van der Waals surface area contributed by atoms with Crippen LogP contribution in [0.5, 0.6) is 0 Å². The van der Waals surface area contributed by atoms with E-state index in [4.69, 9.17) is 9.15 Å². The Morgan fingerprint density at radius 3 is 2.65 bits per heavy atom. The lowest BCUT2D eigenvalue weighted by atomic mass is 10.1. The fraction of sp³-hybridized carbons (Fsp3) is 0.261. The molecular formula is C23H24N2O6. The predicted molar refractivity (Wildman–Crippen MR) is 115 cm³/mol. The van der Waals surface area contributed by atoms with Crippen LogP contribution in [0.25, 0.3) is 11.0 Å². The molecule has 0 bridgehead atoms. The molecule has 0 spiro atoms. The van der Waals surface area contributed by atoms with Gasteiger partial charge in [-0.25, -0.2) is 9.59 Å². The van der Waals surface area contributed by atoms with Crippen LogP contribution in [0.4, 0.5) is 4.79 Å². The third-order valence-corrected chi connectivity index (χ3v) is 4.81. The summed E-state index contributed by atoms with van der Waals surface area (Å²) in [6, 6.07) is 17.5. The normalized spacial score (nSPS) is 17.5. The zero-order chi connectivity index (χ0) is 22.1. The Balaban J connectivity index is 0.000000185. The average Bonchev–Trinajstić information content (AvgIpc) is 3.21. The van der Waals surface area contributed by atoms with Gasteiger partial charge in [-0.1, -0.05) is 42.5 Å². The summed E-state index contributed by atoms with van der Waals surface area (Å²) in [5, 5.41) is 16.1. The first kappa shape index (κ1) is 22.2. The number of carbonyl (C=O) groups excluding carboxylic acids is 2. The fourth-order valence-electron chi connectivity index (χ4n) is 3.07. The number of hydrogen-bond acceptors (Lipinski definition) is 7. The van der Waals surface area contributed by atoms with E-state index >= 15 is 0 Å². The van der Waals surface area contributed by atoms with Crippen LogP contribution in [-0.2, 0) is 11.3 Å². The van der Waals surface area contributed by atoms with Crippen molar-refractivity contribution in [2.75, 3.05) is 19.6 Å². The molecule has 2 heterocycles. The van der Waals surface area contributed by atoms with Gasteiger partial charge in [0.15, 0.2) is 0 Å². The summed E-state index contributed by atoms with van der Waals surface area (Å²) in [5.41, 5.74) is 1.49. The van der Waals surface area contributed by atoms with Gasteiger partial charge < -0.3 is 24.9 Å². The summed E-state index contributed by atoms with van der Waals surface area (Å²) < 4.78 is 9.96. The van der Waals surface area contributed by atoms with Crippen molar-refractivity contribution in [3.05, 3.63) is 82.2 Å². The van der Waals surface area contributed by atoms with Gasteiger partial charge in [0.2, 0.25) is 0 Å². The number of nitrogens with one attached hydrogen (secondary N) is 2. The quantitative estimate of drug-likeness (QED) is 0.424. The maximum atomic E-state index is 11.4. The molecule has 1 aliphatic rings. The molecule has 2 aromatic carbocycles.